The monoisotopic (exact) mass is 343 g/mol. The molecular weight excluding hydrogens is 322 g/mol. The van der Waals surface area contributed by atoms with Crippen molar-refractivity contribution in [3.8, 4) is 0 Å². The summed E-state index contributed by atoms with van der Waals surface area (Å²) in [4.78, 5) is 20.7. The van der Waals surface area contributed by atoms with Gasteiger partial charge >= 0.3 is 0 Å². The summed E-state index contributed by atoms with van der Waals surface area (Å²) in [7, 11) is 0. The third kappa shape index (κ3) is 4.34. The topological polar surface area (TPSA) is 36.4 Å². The molecular formula is C19H22ClN3O. The van der Waals surface area contributed by atoms with Crippen LogP contribution in [0.4, 0.5) is 0 Å². The van der Waals surface area contributed by atoms with Crippen molar-refractivity contribution in [1.82, 2.24) is 14.8 Å². The number of aromatic nitrogens is 1. The van der Waals surface area contributed by atoms with Crippen molar-refractivity contribution >= 4 is 17.5 Å². The van der Waals surface area contributed by atoms with Crippen molar-refractivity contribution in [3.63, 3.8) is 0 Å². The second-order valence-corrected chi connectivity index (χ2v) is 6.47. The van der Waals surface area contributed by atoms with E-state index in [2.05, 4.69) is 16.0 Å². The molecule has 2 heterocycles. The zero-order valence-electron chi connectivity index (χ0n) is 13.7. The molecule has 0 bridgehead atoms. The van der Waals surface area contributed by atoms with E-state index in [4.69, 9.17) is 11.6 Å². The van der Waals surface area contributed by atoms with Crippen molar-refractivity contribution in [2.75, 3.05) is 32.7 Å². The first-order chi connectivity index (χ1) is 11.7. The second-order valence-electron chi connectivity index (χ2n) is 6.06. The lowest BCUT2D eigenvalue weighted by atomic mass is 10.1. The molecule has 1 aromatic heterocycles. The molecule has 0 aliphatic carbocycles. The summed E-state index contributed by atoms with van der Waals surface area (Å²) in [6.45, 7) is 4.47. The Balaban J connectivity index is 1.42. The predicted octanol–water partition coefficient (Wildman–Crippen LogP) is 3.13. The highest BCUT2D eigenvalue weighted by Crippen LogP contribution is 2.17. The number of halogens is 1. The van der Waals surface area contributed by atoms with E-state index in [1.807, 2.05) is 23.1 Å². The van der Waals surface area contributed by atoms with E-state index in [-0.39, 0.29) is 5.91 Å². The van der Waals surface area contributed by atoms with Crippen molar-refractivity contribution in [1.29, 1.82) is 0 Å². The third-order valence-electron chi connectivity index (χ3n) is 4.47. The number of amides is 1. The molecule has 0 atom stereocenters. The third-order valence-corrected chi connectivity index (χ3v) is 4.83. The zero-order valence-corrected chi connectivity index (χ0v) is 14.5. The fourth-order valence-corrected chi connectivity index (χ4v) is 3.28. The fourth-order valence-electron chi connectivity index (χ4n) is 3.05. The van der Waals surface area contributed by atoms with Gasteiger partial charge in [-0.2, -0.15) is 0 Å². The minimum absolute atomic E-state index is 0.105. The van der Waals surface area contributed by atoms with E-state index in [1.54, 1.807) is 24.5 Å². The van der Waals surface area contributed by atoms with E-state index < -0.39 is 0 Å². The first-order valence-corrected chi connectivity index (χ1v) is 8.77. The minimum atomic E-state index is 0.105. The number of carbonyl (C=O) groups excluding carboxylic acids is 1. The molecule has 0 N–H and O–H groups in total. The van der Waals surface area contributed by atoms with Gasteiger partial charge in [0.2, 0.25) is 0 Å². The molecule has 5 heteroatoms. The highest BCUT2D eigenvalue weighted by molar-refractivity contribution is 6.31. The lowest BCUT2D eigenvalue weighted by Gasteiger charge is -2.34. The summed E-state index contributed by atoms with van der Waals surface area (Å²) in [5, 5.41) is 0.852. The van der Waals surface area contributed by atoms with Crippen LogP contribution < -0.4 is 0 Å². The zero-order chi connectivity index (χ0) is 16.8. The summed E-state index contributed by atoms with van der Waals surface area (Å²) in [5.41, 5.74) is 1.93. The average Bonchev–Trinajstić information content (AvgIpc) is 2.64. The fraction of sp³-hybridized carbons (Fsp3) is 0.368. The Kier molecular flexibility index (Phi) is 5.83. The molecule has 0 spiro atoms. The molecule has 1 saturated heterocycles. The Morgan fingerprint density at radius 3 is 2.46 bits per heavy atom. The van der Waals surface area contributed by atoms with Crippen LogP contribution in [0.15, 0.2) is 48.8 Å². The molecule has 3 rings (SSSR count). The number of rotatable bonds is 5. The average molecular weight is 344 g/mol. The van der Waals surface area contributed by atoms with Crippen molar-refractivity contribution < 1.29 is 4.79 Å². The maximum absolute atomic E-state index is 12.4. The van der Waals surface area contributed by atoms with Crippen LogP contribution in [0.1, 0.15) is 22.3 Å². The smallest absolute Gasteiger partial charge is 0.254 e. The van der Waals surface area contributed by atoms with Crippen LogP contribution >= 0.6 is 11.6 Å². The molecule has 1 aromatic carbocycles. The maximum atomic E-state index is 12.4. The number of pyridine rings is 1. The Morgan fingerprint density at radius 2 is 1.75 bits per heavy atom. The van der Waals surface area contributed by atoms with Crippen LogP contribution in [0.2, 0.25) is 5.02 Å². The summed E-state index contributed by atoms with van der Waals surface area (Å²) in [6.07, 6.45) is 5.41. The van der Waals surface area contributed by atoms with E-state index in [9.17, 15) is 4.79 Å². The van der Waals surface area contributed by atoms with Crippen LogP contribution in [-0.4, -0.2) is 53.4 Å². The van der Waals surface area contributed by atoms with Gasteiger partial charge in [-0.3, -0.25) is 14.7 Å². The normalized spacial score (nSPS) is 15.5. The quantitative estimate of drug-likeness (QED) is 0.837. The molecule has 126 valence electrons. The largest absolute Gasteiger partial charge is 0.336 e. The summed E-state index contributed by atoms with van der Waals surface area (Å²) >= 11 is 6.20. The van der Waals surface area contributed by atoms with Gasteiger partial charge in [-0.1, -0.05) is 29.8 Å². The SMILES string of the molecule is O=C(c1ccncc1)N1CCN(CCCc2ccccc2Cl)CC1. The highest BCUT2D eigenvalue weighted by Gasteiger charge is 2.21. The molecule has 1 aliphatic rings. The van der Waals surface area contributed by atoms with Crippen LogP contribution in [0.5, 0.6) is 0 Å². The molecule has 1 aliphatic heterocycles. The van der Waals surface area contributed by atoms with Gasteiger partial charge < -0.3 is 4.90 Å². The number of carbonyl (C=O) groups is 1. The van der Waals surface area contributed by atoms with Gasteiger partial charge in [-0.25, -0.2) is 0 Å². The molecule has 0 radical (unpaired) electrons. The molecule has 4 nitrogen and oxygen atoms in total. The van der Waals surface area contributed by atoms with E-state index in [0.29, 0.717) is 0 Å². The molecule has 0 saturated carbocycles. The van der Waals surface area contributed by atoms with E-state index in [1.165, 1.54) is 5.56 Å². The number of hydrogen-bond donors (Lipinski definition) is 0. The molecule has 24 heavy (non-hydrogen) atoms. The van der Waals surface area contributed by atoms with Gasteiger partial charge in [0.25, 0.3) is 5.91 Å². The molecule has 1 amide bonds. The van der Waals surface area contributed by atoms with E-state index >= 15 is 0 Å². The molecule has 2 aromatic rings. The summed E-state index contributed by atoms with van der Waals surface area (Å²) < 4.78 is 0. The van der Waals surface area contributed by atoms with Crippen molar-refractivity contribution in [3.05, 3.63) is 64.9 Å². The summed E-state index contributed by atoms with van der Waals surface area (Å²) in [5.74, 6) is 0.105. The van der Waals surface area contributed by atoms with Gasteiger partial charge in [0, 0.05) is 49.2 Å². The number of aryl methyl sites for hydroxylation is 1. The van der Waals surface area contributed by atoms with Gasteiger partial charge in [-0.05, 0) is 43.1 Å². The Hall–Kier alpha value is -1.91. The first-order valence-electron chi connectivity index (χ1n) is 8.39. The minimum Gasteiger partial charge on any atom is -0.336 e. The van der Waals surface area contributed by atoms with Gasteiger partial charge in [0.1, 0.15) is 0 Å². The van der Waals surface area contributed by atoms with Gasteiger partial charge in [0.15, 0.2) is 0 Å². The first kappa shape index (κ1) is 16.9. The Morgan fingerprint density at radius 1 is 1.04 bits per heavy atom. The lowest BCUT2D eigenvalue weighted by Crippen LogP contribution is -2.48. The second kappa shape index (κ2) is 8.27. The number of hydrogen-bond acceptors (Lipinski definition) is 3. The number of piperazine rings is 1. The van der Waals surface area contributed by atoms with Crippen LogP contribution in [0.25, 0.3) is 0 Å². The van der Waals surface area contributed by atoms with Crippen molar-refractivity contribution in [2.24, 2.45) is 0 Å². The highest BCUT2D eigenvalue weighted by atomic mass is 35.5. The van der Waals surface area contributed by atoms with Gasteiger partial charge in [0.05, 0.1) is 0 Å². The molecule has 1 fully saturated rings. The van der Waals surface area contributed by atoms with Crippen LogP contribution in [0, 0.1) is 0 Å². The molecule has 0 unspecified atom stereocenters. The van der Waals surface area contributed by atoms with Crippen LogP contribution in [-0.2, 0) is 6.42 Å². The Labute approximate surface area is 148 Å². The number of benzene rings is 1. The predicted molar refractivity (Wildman–Crippen MR) is 96.4 cm³/mol. The Bertz CT molecular complexity index is 669. The van der Waals surface area contributed by atoms with Crippen molar-refractivity contribution in [2.45, 2.75) is 12.8 Å². The number of nitrogens with zero attached hydrogens (tertiary/aromatic N) is 3. The van der Waals surface area contributed by atoms with Gasteiger partial charge in [-0.15, -0.1) is 0 Å². The van der Waals surface area contributed by atoms with Crippen LogP contribution in [0.3, 0.4) is 0 Å². The standard InChI is InChI=1S/C19H22ClN3O/c20-18-6-2-1-4-16(18)5-3-11-22-12-14-23(15-13-22)19(24)17-7-9-21-10-8-17/h1-2,4,6-10H,3,5,11-15H2. The maximum Gasteiger partial charge on any atom is 0.254 e. The van der Waals surface area contributed by atoms with E-state index in [0.717, 1.165) is 56.2 Å². The lowest BCUT2D eigenvalue weighted by molar-refractivity contribution is 0.0636. The summed E-state index contributed by atoms with van der Waals surface area (Å²) in [6, 6.07) is 11.6.